The molecule has 1 aromatic carbocycles. The lowest BCUT2D eigenvalue weighted by Crippen LogP contribution is -2.25. The highest BCUT2D eigenvalue weighted by Crippen LogP contribution is 2.35. The first-order valence-electron chi connectivity index (χ1n) is 8.71. The predicted molar refractivity (Wildman–Crippen MR) is 101 cm³/mol. The number of aromatic nitrogens is 1. The molecule has 2 nitrogen and oxygen atoms in total. The van der Waals surface area contributed by atoms with Crippen LogP contribution in [0.25, 0.3) is 0 Å². The van der Waals surface area contributed by atoms with Gasteiger partial charge in [-0.1, -0.05) is 30.3 Å². The molecule has 0 radical (unpaired) electrons. The molecule has 4 heteroatoms. The third-order valence-electron chi connectivity index (χ3n) is 4.93. The van der Waals surface area contributed by atoms with Gasteiger partial charge in [0, 0.05) is 17.2 Å². The molecule has 1 fully saturated rings. The smallest absolute Gasteiger partial charge is 0.107 e. The third kappa shape index (κ3) is 3.81. The van der Waals surface area contributed by atoms with E-state index in [1.54, 1.807) is 4.88 Å². The second kappa shape index (κ2) is 7.37. The van der Waals surface area contributed by atoms with Crippen LogP contribution in [0, 0.1) is 0 Å². The van der Waals surface area contributed by atoms with Gasteiger partial charge in [-0.2, -0.15) is 11.8 Å². The minimum Gasteiger partial charge on any atom is -0.296 e. The van der Waals surface area contributed by atoms with Gasteiger partial charge in [0.15, 0.2) is 0 Å². The van der Waals surface area contributed by atoms with Crippen molar-refractivity contribution in [2.75, 3.05) is 24.6 Å². The van der Waals surface area contributed by atoms with Crippen molar-refractivity contribution in [3.63, 3.8) is 0 Å². The average Bonchev–Trinajstić information content (AvgIpc) is 2.81. The van der Waals surface area contributed by atoms with Crippen LogP contribution in [0.4, 0.5) is 0 Å². The summed E-state index contributed by atoms with van der Waals surface area (Å²) in [6.45, 7) is 3.53. The quantitative estimate of drug-likeness (QED) is 0.823. The van der Waals surface area contributed by atoms with Crippen LogP contribution in [0.1, 0.15) is 39.9 Å². The first kappa shape index (κ1) is 15.7. The van der Waals surface area contributed by atoms with Crippen molar-refractivity contribution in [3.8, 4) is 0 Å². The monoisotopic (exact) mass is 344 g/mol. The summed E-state index contributed by atoms with van der Waals surface area (Å²) in [5.41, 5.74) is 2.89. The highest BCUT2D eigenvalue weighted by Gasteiger charge is 2.24. The zero-order valence-electron chi connectivity index (χ0n) is 13.5. The van der Waals surface area contributed by atoms with Crippen molar-refractivity contribution in [3.05, 3.63) is 51.5 Å². The lowest BCUT2D eigenvalue weighted by molar-refractivity contribution is 0.287. The van der Waals surface area contributed by atoms with Crippen LogP contribution < -0.4 is 0 Å². The number of benzene rings is 1. The number of rotatable bonds is 3. The van der Waals surface area contributed by atoms with Crippen LogP contribution in [0.3, 0.4) is 0 Å². The van der Waals surface area contributed by atoms with Crippen molar-refractivity contribution >= 4 is 23.1 Å². The van der Waals surface area contributed by atoms with E-state index in [9.17, 15) is 0 Å². The van der Waals surface area contributed by atoms with E-state index in [0.717, 1.165) is 13.0 Å². The van der Waals surface area contributed by atoms with Gasteiger partial charge in [-0.05, 0) is 49.5 Å². The maximum absolute atomic E-state index is 4.97. The fourth-order valence-electron chi connectivity index (χ4n) is 3.65. The van der Waals surface area contributed by atoms with Crippen molar-refractivity contribution < 1.29 is 0 Å². The Labute approximate surface area is 147 Å². The summed E-state index contributed by atoms with van der Waals surface area (Å²) in [6.07, 6.45) is 4.92. The van der Waals surface area contributed by atoms with E-state index < -0.39 is 0 Å². The minimum absolute atomic E-state index is 0.687. The van der Waals surface area contributed by atoms with Crippen LogP contribution in [-0.4, -0.2) is 34.5 Å². The van der Waals surface area contributed by atoms with Gasteiger partial charge in [-0.15, -0.1) is 11.3 Å². The molecule has 0 unspecified atom stereocenters. The fraction of sp³-hybridized carbons (Fsp3) is 0.526. The van der Waals surface area contributed by atoms with Gasteiger partial charge in [0.05, 0.1) is 12.2 Å². The van der Waals surface area contributed by atoms with E-state index in [4.69, 9.17) is 4.98 Å². The van der Waals surface area contributed by atoms with E-state index in [1.807, 2.05) is 11.3 Å². The molecule has 4 rings (SSSR count). The third-order valence-corrected chi connectivity index (χ3v) is 7.08. The standard InChI is InChI=1S/C19H24N2S2/c1-2-5-15(6-3-1)16-7-8-17-18(13-16)23-19(20-17)14-21-9-4-11-22-12-10-21/h1-3,5-6,16H,4,7-14H2/t16-/m0/s1. The molecule has 0 bridgehead atoms. The Morgan fingerprint density at radius 2 is 2.04 bits per heavy atom. The SMILES string of the molecule is c1ccc([C@H]2CCc3nc(CN4CCCSCC4)sc3C2)cc1. The first-order valence-corrected chi connectivity index (χ1v) is 10.7. The number of fused-ring (bicyclic) bond motifs is 1. The lowest BCUT2D eigenvalue weighted by Gasteiger charge is -2.21. The van der Waals surface area contributed by atoms with E-state index in [0.29, 0.717) is 5.92 Å². The Morgan fingerprint density at radius 3 is 2.96 bits per heavy atom. The molecule has 2 aromatic rings. The Morgan fingerprint density at radius 1 is 1.13 bits per heavy atom. The van der Waals surface area contributed by atoms with Crippen molar-refractivity contribution in [1.29, 1.82) is 0 Å². The van der Waals surface area contributed by atoms with Gasteiger partial charge in [0.25, 0.3) is 0 Å². The molecule has 1 aromatic heterocycles. The fourth-order valence-corrected chi connectivity index (χ4v) is 5.81. The molecule has 1 aliphatic carbocycles. The lowest BCUT2D eigenvalue weighted by atomic mass is 9.85. The highest BCUT2D eigenvalue weighted by atomic mass is 32.2. The van der Waals surface area contributed by atoms with E-state index in [-0.39, 0.29) is 0 Å². The van der Waals surface area contributed by atoms with Crippen molar-refractivity contribution in [2.45, 2.75) is 38.1 Å². The van der Waals surface area contributed by atoms with Gasteiger partial charge in [-0.3, -0.25) is 4.90 Å². The molecule has 0 saturated carbocycles. The first-order chi connectivity index (χ1) is 11.4. The van der Waals surface area contributed by atoms with Crippen LogP contribution in [0.2, 0.25) is 0 Å². The topological polar surface area (TPSA) is 16.1 Å². The molecular formula is C19H24N2S2. The molecule has 0 N–H and O–H groups in total. The summed E-state index contributed by atoms with van der Waals surface area (Å²) in [4.78, 5) is 9.12. The van der Waals surface area contributed by atoms with Gasteiger partial charge in [-0.25, -0.2) is 4.98 Å². The van der Waals surface area contributed by atoms with Crippen LogP contribution in [0.5, 0.6) is 0 Å². The average molecular weight is 345 g/mol. The molecule has 1 aliphatic heterocycles. The summed E-state index contributed by atoms with van der Waals surface area (Å²) in [5.74, 6) is 3.29. The number of nitrogens with zero attached hydrogens (tertiary/aromatic N) is 2. The summed E-state index contributed by atoms with van der Waals surface area (Å²) < 4.78 is 0. The molecule has 23 heavy (non-hydrogen) atoms. The Hall–Kier alpha value is -0.840. The maximum atomic E-state index is 4.97. The zero-order valence-corrected chi connectivity index (χ0v) is 15.2. The van der Waals surface area contributed by atoms with Gasteiger partial charge in [0.1, 0.15) is 5.01 Å². The summed E-state index contributed by atoms with van der Waals surface area (Å²) in [6, 6.07) is 11.0. The Balaban J connectivity index is 1.44. The van der Waals surface area contributed by atoms with Gasteiger partial charge < -0.3 is 0 Å². The highest BCUT2D eigenvalue weighted by molar-refractivity contribution is 7.99. The number of thiazole rings is 1. The van der Waals surface area contributed by atoms with Crippen molar-refractivity contribution in [1.82, 2.24) is 9.88 Å². The molecule has 0 spiro atoms. The summed E-state index contributed by atoms with van der Waals surface area (Å²) in [5, 5.41) is 1.34. The van der Waals surface area contributed by atoms with Gasteiger partial charge >= 0.3 is 0 Å². The molecule has 1 atom stereocenters. The number of aryl methyl sites for hydroxylation is 1. The Bertz CT molecular complexity index is 630. The normalized spacial score (nSPS) is 22.5. The largest absolute Gasteiger partial charge is 0.296 e. The molecule has 2 heterocycles. The van der Waals surface area contributed by atoms with Crippen LogP contribution >= 0.6 is 23.1 Å². The summed E-state index contributed by atoms with van der Waals surface area (Å²) in [7, 11) is 0. The molecule has 122 valence electrons. The number of hydrogen-bond acceptors (Lipinski definition) is 4. The van der Waals surface area contributed by atoms with Gasteiger partial charge in [0.2, 0.25) is 0 Å². The van der Waals surface area contributed by atoms with E-state index in [2.05, 4.69) is 47.0 Å². The summed E-state index contributed by atoms with van der Waals surface area (Å²) >= 11 is 4.07. The molecule has 1 saturated heterocycles. The van der Waals surface area contributed by atoms with E-state index >= 15 is 0 Å². The minimum atomic E-state index is 0.687. The van der Waals surface area contributed by atoms with E-state index in [1.165, 1.54) is 60.1 Å². The Kier molecular flexibility index (Phi) is 5.02. The van der Waals surface area contributed by atoms with Crippen LogP contribution in [0.15, 0.2) is 30.3 Å². The number of thioether (sulfide) groups is 1. The molecular weight excluding hydrogens is 320 g/mol. The number of hydrogen-bond donors (Lipinski definition) is 0. The second-order valence-corrected chi connectivity index (χ2v) is 8.96. The predicted octanol–water partition coefficient (Wildman–Crippen LogP) is 4.35. The maximum Gasteiger partial charge on any atom is 0.107 e. The zero-order chi connectivity index (χ0) is 15.5. The molecule has 0 amide bonds. The molecule has 2 aliphatic rings. The van der Waals surface area contributed by atoms with Crippen LogP contribution in [-0.2, 0) is 19.4 Å². The van der Waals surface area contributed by atoms with Crippen molar-refractivity contribution in [2.24, 2.45) is 0 Å². The second-order valence-electron chi connectivity index (χ2n) is 6.57.